The molecule has 0 aromatic heterocycles. The first-order valence-corrected chi connectivity index (χ1v) is 22.1. The van der Waals surface area contributed by atoms with Crippen molar-refractivity contribution in [1.29, 1.82) is 0 Å². The minimum Gasteiger partial charge on any atom is -0.0619 e. The fourth-order valence-corrected chi connectivity index (χ4v) is 11.8. The van der Waals surface area contributed by atoms with Gasteiger partial charge in [-0.25, -0.2) is 0 Å². The van der Waals surface area contributed by atoms with E-state index >= 15 is 0 Å². The summed E-state index contributed by atoms with van der Waals surface area (Å²) in [5.41, 5.74) is 18.6. The van der Waals surface area contributed by atoms with E-state index in [2.05, 4.69) is 222 Å². The summed E-state index contributed by atoms with van der Waals surface area (Å²) < 4.78 is 0. The van der Waals surface area contributed by atoms with Gasteiger partial charge in [0.1, 0.15) is 0 Å². The van der Waals surface area contributed by atoms with Crippen molar-refractivity contribution in [1.82, 2.24) is 0 Å². The number of benzene rings is 11. The quantitative estimate of drug-likeness (QED) is 0.124. The third-order valence-corrected chi connectivity index (χ3v) is 14.8. The van der Waals surface area contributed by atoms with Crippen molar-refractivity contribution in [2.75, 3.05) is 0 Å². The summed E-state index contributed by atoms with van der Waals surface area (Å²) >= 11 is 0. The van der Waals surface area contributed by atoms with Crippen molar-refractivity contribution in [3.8, 4) is 55.6 Å². The highest BCUT2D eigenvalue weighted by Crippen LogP contribution is 2.59. The lowest BCUT2D eigenvalue weighted by atomic mass is 9.78. The lowest BCUT2D eigenvalue weighted by molar-refractivity contribution is 0.652. The van der Waals surface area contributed by atoms with Gasteiger partial charge in [0, 0.05) is 10.8 Å². The van der Waals surface area contributed by atoms with Crippen LogP contribution in [0.25, 0.3) is 109 Å². The first-order chi connectivity index (χ1) is 30.3. The Kier molecular flexibility index (Phi) is 7.23. The fraction of sp³-hybridized carbons (Fsp3) is 0.0968. The normalized spacial score (nSPS) is 14.4. The van der Waals surface area contributed by atoms with Gasteiger partial charge in [0.15, 0.2) is 0 Å². The van der Waals surface area contributed by atoms with Gasteiger partial charge in [-0.1, -0.05) is 198 Å². The molecule has 2 aliphatic rings. The van der Waals surface area contributed by atoms with Crippen LogP contribution in [-0.2, 0) is 10.8 Å². The molecule has 0 aliphatic heterocycles. The second-order valence-corrected chi connectivity index (χ2v) is 18.7. The number of fused-ring (bicyclic) bond motifs is 13. The van der Waals surface area contributed by atoms with Gasteiger partial charge < -0.3 is 0 Å². The zero-order chi connectivity index (χ0) is 41.5. The van der Waals surface area contributed by atoms with E-state index in [9.17, 15) is 0 Å². The molecule has 0 fully saturated rings. The summed E-state index contributed by atoms with van der Waals surface area (Å²) in [5.74, 6) is 0. The highest BCUT2D eigenvalue weighted by molar-refractivity contribution is 6.25. The van der Waals surface area contributed by atoms with Gasteiger partial charge in [-0.05, 0) is 156 Å². The first kappa shape index (κ1) is 35.5. The van der Waals surface area contributed by atoms with Crippen LogP contribution >= 0.6 is 0 Å². The smallest absolute Gasteiger partial charge is 0.0159 e. The molecule has 0 unspecified atom stereocenters. The predicted molar refractivity (Wildman–Crippen MR) is 265 cm³/mol. The van der Waals surface area contributed by atoms with Gasteiger partial charge in [0.05, 0.1) is 0 Å². The Bertz CT molecular complexity index is 3690. The van der Waals surface area contributed by atoms with Crippen LogP contribution in [0.1, 0.15) is 49.9 Å². The maximum absolute atomic E-state index is 2.57. The van der Waals surface area contributed by atoms with E-state index in [-0.39, 0.29) is 10.8 Å². The molecule has 0 radical (unpaired) electrons. The van der Waals surface area contributed by atoms with Crippen molar-refractivity contribution in [2.45, 2.75) is 38.5 Å². The zero-order valence-electron chi connectivity index (χ0n) is 35.5. The van der Waals surface area contributed by atoms with Crippen LogP contribution in [0.15, 0.2) is 194 Å². The predicted octanol–water partition coefficient (Wildman–Crippen LogP) is 17.1. The Labute approximate surface area is 362 Å². The summed E-state index contributed by atoms with van der Waals surface area (Å²) in [6.07, 6.45) is 0. The van der Waals surface area contributed by atoms with Crippen molar-refractivity contribution < 1.29 is 0 Å². The van der Waals surface area contributed by atoms with Crippen molar-refractivity contribution in [3.63, 3.8) is 0 Å². The molecular weight excluding hydrogens is 745 g/mol. The summed E-state index contributed by atoms with van der Waals surface area (Å²) in [5, 5.41) is 12.8. The van der Waals surface area contributed by atoms with E-state index in [1.165, 1.54) is 132 Å². The van der Waals surface area contributed by atoms with Crippen LogP contribution in [0.5, 0.6) is 0 Å². The largest absolute Gasteiger partial charge is 0.0619 e. The molecule has 0 saturated carbocycles. The van der Waals surface area contributed by atoms with E-state index in [0.717, 1.165) is 0 Å². The molecule has 0 N–H and O–H groups in total. The van der Waals surface area contributed by atoms with Crippen LogP contribution < -0.4 is 0 Å². The molecular formula is C62H44. The molecule has 0 amide bonds. The van der Waals surface area contributed by atoms with Crippen LogP contribution in [0, 0.1) is 0 Å². The molecule has 0 saturated heterocycles. The second kappa shape index (κ2) is 12.6. The maximum atomic E-state index is 2.57. The highest BCUT2D eigenvalue weighted by atomic mass is 14.5. The minimum atomic E-state index is -0.194. The van der Waals surface area contributed by atoms with Gasteiger partial charge in [-0.2, -0.15) is 0 Å². The molecule has 0 spiro atoms. The van der Waals surface area contributed by atoms with Gasteiger partial charge >= 0.3 is 0 Å². The maximum Gasteiger partial charge on any atom is 0.0159 e. The topological polar surface area (TPSA) is 0 Å². The number of hydrogen-bond donors (Lipinski definition) is 0. The van der Waals surface area contributed by atoms with Crippen LogP contribution in [-0.4, -0.2) is 0 Å². The Morgan fingerprint density at radius 2 is 0.726 bits per heavy atom. The molecule has 11 aromatic carbocycles. The van der Waals surface area contributed by atoms with E-state index < -0.39 is 0 Å². The Morgan fingerprint density at radius 1 is 0.242 bits per heavy atom. The average Bonchev–Trinajstić information content (AvgIpc) is 3.68. The van der Waals surface area contributed by atoms with Gasteiger partial charge in [0.25, 0.3) is 0 Å². The van der Waals surface area contributed by atoms with E-state index in [1.54, 1.807) is 0 Å². The summed E-state index contributed by atoms with van der Waals surface area (Å²) in [6, 6.07) is 73.4. The lowest BCUT2D eigenvalue weighted by Gasteiger charge is -2.25. The van der Waals surface area contributed by atoms with E-state index in [4.69, 9.17) is 0 Å². The number of rotatable bonds is 3. The monoisotopic (exact) mass is 788 g/mol. The van der Waals surface area contributed by atoms with Crippen LogP contribution in [0.2, 0.25) is 0 Å². The second-order valence-electron chi connectivity index (χ2n) is 18.7. The van der Waals surface area contributed by atoms with Gasteiger partial charge in [-0.3, -0.25) is 0 Å². The first-order valence-electron chi connectivity index (χ1n) is 22.1. The van der Waals surface area contributed by atoms with Gasteiger partial charge in [-0.15, -0.1) is 0 Å². The minimum absolute atomic E-state index is 0.0630. The molecule has 0 heteroatoms. The molecule has 0 heterocycles. The van der Waals surface area contributed by atoms with Crippen LogP contribution in [0.3, 0.4) is 0 Å². The average molecular weight is 789 g/mol. The Morgan fingerprint density at radius 3 is 1.47 bits per heavy atom. The van der Waals surface area contributed by atoms with Crippen molar-refractivity contribution in [3.05, 3.63) is 216 Å². The molecule has 0 nitrogen and oxygen atoms in total. The molecule has 11 aromatic rings. The molecule has 0 bridgehead atoms. The fourth-order valence-electron chi connectivity index (χ4n) is 11.8. The standard InChI is InChI=1S/C62H44/c1-61(2)54-30-14-13-22-45(54)51-34-56-53(36-55(51)61)60-46-23-8-7-21-43(46)52(35-57(60)62(56,3)4)59-49-26-11-9-24-47(49)58(48-25-10-12-27-50(48)59)39-19-15-18-38(33-39)41-28-16-29-42-40-20-6-5-17-37(40)31-32-44(41)42/h5-36H,1-4H3. The molecule has 62 heavy (non-hydrogen) atoms. The summed E-state index contributed by atoms with van der Waals surface area (Å²) in [6.45, 7) is 9.68. The Balaban J connectivity index is 1.05. The summed E-state index contributed by atoms with van der Waals surface area (Å²) in [7, 11) is 0. The molecule has 2 aliphatic carbocycles. The number of hydrogen-bond acceptors (Lipinski definition) is 0. The SMILES string of the molecule is CC1(C)c2ccccc2-c2cc3c(cc21)-c1c(cc(-c2c4ccccc4c(-c4cccc(-c5cccc6c5ccc5ccccc56)c4)c4ccccc24)c2ccccc12)C3(C)C. The van der Waals surface area contributed by atoms with Crippen LogP contribution in [0.4, 0.5) is 0 Å². The third kappa shape index (κ3) is 4.73. The third-order valence-electron chi connectivity index (χ3n) is 14.8. The van der Waals surface area contributed by atoms with Crippen molar-refractivity contribution >= 4 is 53.9 Å². The zero-order valence-corrected chi connectivity index (χ0v) is 35.5. The van der Waals surface area contributed by atoms with Crippen molar-refractivity contribution in [2.24, 2.45) is 0 Å². The molecule has 13 rings (SSSR count). The summed E-state index contributed by atoms with van der Waals surface area (Å²) in [4.78, 5) is 0. The van der Waals surface area contributed by atoms with E-state index in [1.807, 2.05) is 0 Å². The lowest BCUT2D eigenvalue weighted by Crippen LogP contribution is -2.17. The van der Waals surface area contributed by atoms with E-state index in [0.29, 0.717) is 0 Å². The molecule has 0 atom stereocenters. The Hall–Kier alpha value is -7.28. The molecule has 292 valence electrons. The highest BCUT2D eigenvalue weighted by Gasteiger charge is 2.42. The van der Waals surface area contributed by atoms with Gasteiger partial charge in [0.2, 0.25) is 0 Å².